The molecule has 0 fully saturated rings. The van der Waals surface area contributed by atoms with Crippen LogP contribution in [0.4, 0.5) is 11.4 Å². The van der Waals surface area contributed by atoms with E-state index < -0.39 is 11.8 Å². The lowest BCUT2D eigenvalue weighted by atomic mass is 10.1. The molecule has 0 saturated carbocycles. The van der Waals surface area contributed by atoms with Crippen molar-refractivity contribution in [1.82, 2.24) is 24.9 Å². The molecule has 0 unspecified atom stereocenters. The topological polar surface area (TPSA) is 143 Å². The number of carbonyl (C=O) groups excluding carboxylic acids is 2. The van der Waals surface area contributed by atoms with Crippen molar-refractivity contribution in [3.05, 3.63) is 136 Å². The van der Waals surface area contributed by atoms with E-state index in [1.54, 1.807) is 24.3 Å². The van der Waals surface area contributed by atoms with Gasteiger partial charge in [0, 0.05) is 68.3 Å². The lowest BCUT2D eigenvalue weighted by Gasteiger charge is -2.27. The number of nitrogens with zero attached hydrogens (tertiary/aromatic N) is 4. The summed E-state index contributed by atoms with van der Waals surface area (Å²) in [5.74, 6) is -0.794. The average Bonchev–Trinajstić information content (AvgIpc) is 3.82. The first-order valence-corrected chi connectivity index (χ1v) is 18.0. The van der Waals surface area contributed by atoms with Gasteiger partial charge in [-0.3, -0.25) is 24.0 Å². The number of anilines is 2. The average molecular weight is 742 g/mol. The maximum atomic E-state index is 13.8. The summed E-state index contributed by atoms with van der Waals surface area (Å²) in [7, 11) is 4.88. The molecular formula is C42H43N7O6. The van der Waals surface area contributed by atoms with Gasteiger partial charge in [0.05, 0.1) is 49.2 Å². The number of hydrogen-bond donors (Lipinski definition) is 3. The van der Waals surface area contributed by atoms with E-state index >= 15 is 0 Å². The van der Waals surface area contributed by atoms with Gasteiger partial charge in [-0.1, -0.05) is 36.4 Å². The third-order valence-electron chi connectivity index (χ3n) is 9.75. The third kappa shape index (κ3) is 8.16. The molecule has 4 aromatic carbocycles. The number of aryl methyl sites for hydroxylation is 1. The van der Waals surface area contributed by atoms with Crippen molar-refractivity contribution in [2.45, 2.75) is 19.9 Å². The van der Waals surface area contributed by atoms with Gasteiger partial charge >= 0.3 is 0 Å². The summed E-state index contributed by atoms with van der Waals surface area (Å²) in [6, 6.07) is 25.0. The molecule has 0 aliphatic carbocycles. The zero-order valence-electron chi connectivity index (χ0n) is 31.2. The zero-order valence-corrected chi connectivity index (χ0v) is 31.2. The van der Waals surface area contributed by atoms with E-state index in [0.29, 0.717) is 22.6 Å². The van der Waals surface area contributed by atoms with E-state index in [0.717, 1.165) is 61.8 Å². The highest BCUT2D eigenvalue weighted by Crippen LogP contribution is 2.34. The van der Waals surface area contributed by atoms with Crippen LogP contribution in [0.15, 0.2) is 112 Å². The molecule has 1 aliphatic rings. The fourth-order valence-electron chi connectivity index (χ4n) is 6.73. The molecule has 0 atom stereocenters. The molecule has 13 nitrogen and oxygen atoms in total. The molecule has 55 heavy (non-hydrogen) atoms. The highest BCUT2D eigenvalue weighted by Gasteiger charge is 2.22. The number of methoxy groups -OCH3 is 2. The maximum absolute atomic E-state index is 13.8. The predicted octanol–water partition coefficient (Wildman–Crippen LogP) is 5.97. The highest BCUT2D eigenvalue weighted by atomic mass is 16.5. The summed E-state index contributed by atoms with van der Waals surface area (Å²) in [5.41, 5.74) is 5.45. The van der Waals surface area contributed by atoms with Crippen molar-refractivity contribution < 1.29 is 23.5 Å². The van der Waals surface area contributed by atoms with Crippen molar-refractivity contribution in [2.75, 3.05) is 51.2 Å². The molecule has 282 valence electrons. The van der Waals surface area contributed by atoms with E-state index in [4.69, 9.17) is 13.9 Å². The number of para-hydroxylation sites is 1. The van der Waals surface area contributed by atoms with Gasteiger partial charge in [-0.05, 0) is 60.9 Å². The van der Waals surface area contributed by atoms with E-state index in [9.17, 15) is 14.4 Å². The molecule has 7 rings (SSSR count). The van der Waals surface area contributed by atoms with Crippen LogP contribution in [0.25, 0.3) is 21.9 Å². The second-order valence-electron chi connectivity index (χ2n) is 13.3. The number of nitrogens with one attached hydrogen (secondary N) is 3. The molecule has 0 radical (unpaired) electrons. The van der Waals surface area contributed by atoms with Gasteiger partial charge < -0.3 is 34.7 Å². The van der Waals surface area contributed by atoms with Gasteiger partial charge in [0.25, 0.3) is 11.8 Å². The van der Waals surface area contributed by atoms with Crippen LogP contribution >= 0.6 is 0 Å². The molecule has 0 spiro atoms. The highest BCUT2D eigenvalue weighted by molar-refractivity contribution is 6.12. The molecule has 0 saturated heterocycles. The number of likely N-dealkylation sites (N-methyl/N-ethyl adjacent to an activating group) is 1. The van der Waals surface area contributed by atoms with Crippen molar-refractivity contribution in [2.24, 2.45) is 7.05 Å². The van der Waals surface area contributed by atoms with E-state index in [1.807, 2.05) is 42.2 Å². The largest absolute Gasteiger partial charge is 0.493 e. The Morgan fingerprint density at radius 2 is 1.67 bits per heavy atom. The smallest absolute Gasteiger partial charge is 0.291 e. The van der Waals surface area contributed by atoms with Crippen LogP contribution in [-0.2, 0) is 20.0 Å². The van der Waals surface area contributed by atoms with Gasteiger partial charge in [0.1, 0.15) is 5.58 Å². The number of carbonyl (C=O) groups is 2. The molecule has 3 N–H and O–H groups in total. The van der Waals surface area contributed by atoms with Crippen LogP contribution in [0.5, 0.6) is 11.5 Å². The van der Waals surface area contributed by atoms with Crippen LogP contribution in [0.3, 0.4) is 0 Å². The van der Waals surface area contributed by atoms with Gasteiger partial charge in [0.15, 0.2) is 22.7 Å². The Morgan fingerprint density at radius 1 is 0.909 bits per heavy atom. The fraction of sp³-hybridized carbons (Fsp3) is 0.238. The Hall–Kier alpha value is -6.60. The number of ether oxygens (including phenoxy) is 2. The van der Waals surface area contributed by atoms with Crippen molar-refractivity contribution in [3.8, 4) is 11.5 Å². The maximum Gasteiger partial charge on any atom is 0.291 e. The standard InChI is InChI=1S/C42H43N7O6/c1-5-49-26-43-23-31(49)25-48(24-28-10-13-29-22-44-47(2)35(29)18-28)17-16-27-11-14-30(15-12-27)45-41(51)33-19-38(53-3)39(54-4)20-34(33)46-42(52)40-21-36(50)32-8-6-7-9-37(32)55-40/h6-15,18-23,43H,5,16-17,24-26H2,1-4H3,(H,45,51)(H,46,52). The number of fused-ring (bicyclic) bond motifs is 2. The minimum Gasteiger partial charge on any atom is -0.493 e. The van der Waals surface area contributed by atoms with E-state index in [1.165, 1.54) is 37.6 Å². The summed E-state index contributed by atoms with van der Waals surface area (Å²) in [6.45, 7) is 6.30. The summed E-state index contributed by atoms with van der Waals surface area (Å²) in [4.78, 5) is 44.6. The SMILES string of the molecule is CCN1CNC=C1CN(CCc1ccc(NC(=O)c2cc(OC)c(OC)cc2NC(=O)c2cc(=O)c3ccccc3o2)cc1)Cc1ccc2cnn(C)c2c1. The summed E-state index contributed by atoms with van der Waals surface area (Å²) in [6.07, 6.45) is 4.79. The number of rotatable bonds is 14. The second kappa shape index (κ2) is 16.2. The van der Waals surface area contributed by atoms with Crippen LogP contribution in [0, 0.1) is 0 Å². The molecule has 2 amide bonds. The normalized spacial score (nSPS) is 12.5. The Balaban J connectivity index is 1.06. The first kappa shape index (κ1) is 36.7. The first-order valence-electron chi connectivity index (χ1n) is 18.0. The monoisotopic (exact) mass is 741 g/mol. The van der Waals surface area contributed by atoms with Gasteiger partial charge in [0.2, 0.25) is 0 Å². The molecular weight excluding hydrogens is 699 g/mol. The van der Waals surface area contributed by atoms with E-state index in [-0.39, 0.29) is 28.0 Å². The molecule has 3 heterocycles. The Bertz CT molecular complexity index is 2450. The van der Waals surface area contributed by atoms with Crippen molar-refractivity contribution >= 4 is 45.1 Å². The summed E-state index contributed by atoms with van der Waals surface area (Å²) in [5, 5.41) is 14.9. The molecule has 6 aromatic rings. The third-order valence-corrected chi connectivity index (χ3v) is 9.75. The number of aromatic nitrogens is 2. The molecule has 1 aliphatic heterocycles. The summed E-state index contributed by atoms with van der Waals surface area (Å²) >= 11 is 0. The summed E-state index contributed by atoms with van der Waals surface area (Å²) < 4.78 is 18.5. The lowest BCUT2D eigenvalue weighted by Crippen LogP contribution is -2.33. The predicted molar refractivity (Wildman–Crippen MR) is 213 cm³/mol. The minimum absolute atomic E-state index is 0.120. The van der Waals surface area contributed by atoms with Crippen LogP contribution in [-0.4, -0.2) is 71.9 Å². The van der Waals surface area contributed by atoms with Crippen LogP contribution in [0.2, 0.25) is 0 Å². The second-order valence-corrected chi connectivity index (χ2v) is 13.3. The Labute approximate surface area is 318 Å². The van der Waals surface area contributed by atoms with Crippen molar-refractivity contribution in [1.29, 1.82) is 0 Å². The van der Waals surface area contributed by atoms with Crippen LogP contribution < -0.4 is 30.9 Å². The fourth-order valence-corrected chi connectivity index (χ4v) is 6.73. The lowest BCUT2D eigenvalue weighted by molar-refractivity contribution is 0.0997. The van der Waals surface area contributed by atoms with Crippen molar-refractivity contribution in [3.63, 3.8) is 0 Å². The van der Waals surface area contributed by atoms with E-state index in [2.05, 4.69) is 62.2 Å². The van der Waals surface area contributed by atoms with Gasteiger partial charge in [-0.2, -0.15) is 5.10 Å². The number of amides is 2. The molecule has 13 heteroatoms. The van der Waals surface area contributed by atoms with Gasteiger partial charge in [-0.25, -0.2) is 0 Å². The zero-order chi connectivity index (χ0) is 38.5. The Kier molecular flexibility index (Phi) is 10.8. The van der Waals surface area contributed by atoms with Gasteiger partial charge in [-0.15, -0.1) is 0 Å². The van der Waals surface area contributed by atoms with Crippen LogP contribution in [0.1, 0.15) is 39.0 Å². The number of benzene rings is 4. The number of hydrogen-bond acceptors (Lipinski definition) is 10. The quantitative estimate of drug-likeness (QED) is 0.122. The minimum atomic E-state index is -0.706. The molecule has 0 bridgehead atoms. The first-order chi connectivity index (χ1) is 26.7. The molecule has 2 aromatic heterocycles. The Morgan fingerprint density at radius 3 is 2.45 bits per heavy atom.